The van der Waals surface area contributed by atoms with E-state index in [-0.39, 0.29) is 23.7 Å². The SMILES string of the molecule is COc1ccc(C2CC(=O)Nc3nc(-c4ccccc4)[nH]c(=O)c32)c(OC)c1OC. The van der Waals surface area contributed by atoms with Gasteiger partial charge in [-0.2, -0.15) is 0 Å². The minimum Gasteiger partial charge on any atom is -0.493 e. The van der Waals surface area contributed by atoms with Crippen LogP contribution in [0, 0.1) is 0 Å². The number of hydrogen-bond acceptors (Lipinski definition) is 6. The van der Waals surface area contributed by atoms with E-state index in [1.165, 1.54) is 21.3 Å². The van der Waals surface area contributed by atoms with Crippen molar-refractivity contribution in [3.63, 3.8) is 0 Å². The van der Waals surface area contributed by atoms with Crippen molar-refractivity contribution in [2.75, 3.05) is 26.6 Å². The Hall–Kier alpha value is -3.81. The Morgan fingerprint density at radius 3 is 2.33 bits per heavy atom. The zero-order chi connectivity index (χ0) is 21.3. The van der Waals surface area contributed by atoms with Gasteiger partial charge < -0.3 is 24.5 Å². The molecule has 1 unspecified atom stereocenters. The number of fused-ring (bicyclic) bond motifs is 1. The Kier molecular flexibility index (Phi) is 5.14. The molecule has 1 atom stereocenters. The van der Waals surface area contributed by atoms with Crippen LogP contribution < -0.4 is 25.1 Å². The summed E-state index contributed by atoms with van der Waals surface area (Å²) in [4.78, 5) is 32.9. The maximum Gasteiger partial charge on any atom is 0.257 e. The molecule has 4 rings (SSSR count). The monoisotopic (exact) mass is 407 g/mol. The standard InChI is InChI=1S/C22H21N3O5/c1-28-15-10-9-13(18(29-2)19(15)30-3)14-11-16(26)23-21-17(14)22(27)25-20(24-21)12-7-5-4-6-8-12/h4-10,14H,11H2,1-3H3,(H2,23,24,25,26,27). The van der Waals surface area contributed by atoms with E-state index in [0.717, 1.165) is 5.56 Å². The quantitative estimate of drug-likeness (QED) is 0.674. The predicted molar refractivity (Wildman–Crippen MR) is 111 cm³/mol. The third kappa shape index (κ3) is 3.26. The van der Waals surface area contributed by atoms with Gasteiger partial charge in [-0.1, -0.05) is 36.4 Å². The molecule has 2 heterocycles. The van der Waals surface area contributed by atoms with Gasteiger partial charge >= 0.3 is 0 Å². The van der Waals surface area contributed by atoms with E-state index < -0.39 is 5.92 Å². The third-order valence-corrected chi connectivity index (χ3v) is 5.11. The summed E-state index contributed by atoms with van der Waals surface area (Å²) in [6, 6.07) is 12.8. The first-order valence-corrected chi connectivity index (χ1v) is 9.35. The molecule has 2 aromatic carbocycles. The fourth-order valence-corrected chi connectivity index (χ4v) is 3.77. The number of rotatable bonds is 5. The highest BCUT2D eigenvalue weighted by Crippen LogP contribution is 2.46. The lowest BCUT2D eigenvalue weighted by atomic mass is 9.86. The van der Waals surface area contributed by atoms with Gasteiger partial charge in [-0.25, -0.2) is 4.98 Å². The van der Waals surface area contributed by atoms with E-state index in [0.29, 0.717) is 34.2 Å². The highest BCUT2D eigenvalue weighted by atomic mass is 16.5. The van der Waals surface area contributed by atoms with Gasteiger partial charge in [0.1, 0.15) is 11.6 Å². The molecule has 0 saturated heterocycles. The highest BCUT2D eigenvalue weighted by molar-refractivity contribution is 5.94. The lowest BCUT2D eigenvalue weighted by molar-refractivity contribution is -0.116. The van der Waals surface area contributed by atoms with Crippen molar-refractivity contribution in [3.05, 3.63) is 63.9 Å². The van der Waals surface area contributed by atoms with Crippen LogP contribution in [0.1, 0.15) is 23.5 Å². The van der Waals surface area contributed by atoms with Crippen molar-refractivity contribution < 1.29 is 19.0 Å². The number of aromatic amines is 1. The number of nitrogens with one attached hydrogen (secondary N) is 2. The molecule has 0 saturated carbocycles. The van der Waals surface area contributed by atoms with E-state index in [1.807, 2.05) is 30.3 Å². The number of benzene rings is 2. The van der Waals surface area contributed by atoms with Gasteiger partial charge in [0.2, 0.25) is 11.7 Å². The van der Waals surface area contributed by atoms with Crippen molar-refractivity contribution in [1.82, 2.24) is 9.97 Å². The molecule has 0 radical (unpaired) electrons. The molecule has 0 aliphatic carbocycles. The minimum absolute atomic E-state index is 0.0777. The molecule has 8 heteroatoms. The van der Waals surface area contributed by atoms with Gasteiger partial charge in [-0.3, -0.25) is 9.59 Å². The zero-order valence-electron chi connectivity index (χ0n) is 16.8. The van der Waals surface area contributed by atoms with E-state index in [2.05, 4.69) is 15.3 Å². The van der Waals surface area contributed by atoms with Crippen molar-refractivity contribution in [1.29, 1.82) is 0 Å². The fraction of sp³-hybridized carbons (Fsp3) is 0.227. The number of hydrogen-bond donors (Lipinski definition) is 2. The second-order valence-electron chi connectivity index (χ2n) is 6.77. The Balaban J connectivity index is 1.90. The Labute approximate surface area is 172 Å². The van der Waals surface area contributed by atoms with Crippen LogP contribution in [0.25, 0.3) is 11.4 Å². The smallest absolute Gasteiger partial charge is 0.257 e. The van der Waals surface area contributed by atoms with Crippen LogP contribution in [0.4, 0.5) is 5.82 Å². The molecular formula is C22H21N3O5. The molecule has 0 fully saturated rings. The summed E-state index contributed by atoms with van der Waals surface area (Å²) in [6.07, 6.45) is 0.0777. The molecule has 30 heavy (non-hydrogen) atoms. The van der Waals surface area contributed by atoms with Crippen LogP contribution in [0.3, 0.4) is 0 Å². The molecule has 1 aromatic heterocycles. The van der Waals surface area contributed by atoms with Crippen LogP contribution in [0.5, 0.6) is 17.2 Å². The Morgan fingerprint density at radius 2 is 1.67 bits per heavy atom. The van der Waals surface area contributed by atoms with Gasteiger partial charge in [-0.05, 0) is 6.07 Å². The van der Waals surface area contributed by atoms with Crippen LogP contribution in [0.15, 0.2) is 47.3 Å². The number of carbonyl (C=O) groups is 1. The number of aromatic nitrogens is 2. The van der Waals surface area contributed by atoms with E-state index >= 15 is 0 Å². The average Bonchev–Trinajstić information content (AvgIpc) is 2.77. The molecule has 3 aromatic rings. The van der Waals surface area contributed by atoms with Crippen molar-refractivity contribution in [3.8, 4) is 28.6 Å². The molecule has 8 nitrogen and oxygen atoms in total. The van der Waals surface area contributed by atoms with Gasteiger partial charge in [0.15, 0.2) is 11.5 Å². The number of anilines is 1. The molecular weight excluding hydrogens is 386 g/mol. The summed E-state index contributed by atoms with van der Waals surface area (Å²) >= 11 is 0. The number of H-pyrrole nitrogens is 1. The predicted octanol–water partition coefficient (Wildman–Crippen LogP) is 2.94. The second kappa shape index (κ2) is 7.90. The van der Waals surface area contributed by atoms with E-state index in [9.17, 15) is 9.59 Å². The summed E-state index contributed by atoms with van der Waals surface area (Å²) in [5, 5.41) is 2.73. The van der Waals surface area contributed by atoms with Crippen LogP contribution >= 0.6 is 0 Å². The maximum atomic E-state index is 13.1. The second-order valence-corrected chi connectivity index (χ2v) is 6.77. The first-order valence-electron chi connectivity index (χ1n) is 9.35. The highest BCUT2D eigenvalue weighted by Gasteiger charge is 2.34. The van der Waals surface area contributed by atoms with Crippen molar-refractivity contribution in [2.24, 2.45) is 0 Å². The Morgan fingerprint density at radius 1 is 0.933 bits per heavy atom. The lowest BCUT2D eigenvalue weighted by Crippen LogP contribution is -2.31. The van der Waals surface area contributed by atoms with Crippen LogP contribution in [0.2, 0.25) is 0 Å². The summed E-state index contributed by atoms with van der Waals surface area (Å²) in [5.74, 6) is 1.15. The average molecular weight is 407 g/mol. The van der Waals surface area contributed by atoms with Gasteiger partial charge in [0.25, 0.3) is 5.56 Å². The maximum absolute atomic E-state index is 13.1. The molecule has 154 valence electrons. The van der Waals surface area contributed by atoms with Gasteiger partial charge in [0.05, 0.1) is 26.9 Å². The summed E-state index contributed by atoms with van der Waals surface area (Å²) in [6.45, 7) is 0. The topological polar surface area (TPSA) is 103 Å². The lowest BCUT2D eigenvalue weighted by Gasteiger charge is -2.26. The number of nitrogens with zero attached hydrogens (tertiary/aromatic N) is 1. The number of methoxy groups -OCH3 is 3. The largest absolute Gasteiger partial charge is 0.493 e. The fourth-order valence-electron chi connectivity index (χ4n) is 3.77. The summed E-state index contributed by atoms with van der Waals surface area (Å²) < 4.78 is 16.4. The van der Waals surface area contributed by atoms with Gasteiger partial charge in [0, 0.05) is 23.5 Å². The number of amides is 1. The number of ether oxygens (including phenoxy) is 3. The van der Waals surface area contributed by atoms with Crippen LogP contribution in [-0.4, -0.2) is 37.2 Å². The minimum atomic E-state index is -0.551. The van der Waals surface area contributed by atoms with Gasteiger partial charge in [-0.15, -0.1) is 0 Å². The van der Waals surface area contributed by atoms with Crippen molar-refractivity contribution >= 4 is 11.7 Å². The molecule has 1 aliphatic rings. The number of carbonyl (C=O) groups excluding carboxylic acids is 1. The molecule has 1 aliphatic heterocycles. The van der Waals surface area contributed by atoms with Crippen molar-refractivity contribution in [2.45, 2.75) is 12.3 Å². The summed E-state index contributed by atoms with van der Waals surface area (Å²) in [5.41, 5.74) is 1.45. The van der Waals surface area contributed by atoms with E-state index in [1.54, 1.807) is 12.1 Å². The molecule has 0 spiro atoms. The normalized spacial score (nSPS) is 15.2. The molecule has 1 amide bonds. The Bertz CT molecular complexity index is 1160. The first kappa shape index (κ1) is 19.5. The zero-order valence-corrected chi connectivity index (χ0v) is 16.8. The van der Waals surface area contributed by atoms with Crippen LogP contribution in [-0.2, 0) is 4.79 Å². The third-order valence-electron chi connectivity index (χ3n) is 5.11. The van der Waals surface area contributed by atoms with E-state index in [4.69, 9.17) is 14.2 Å². The summed E-state index contributed by atoms with van der Waals surface area (Å²) in [7, 11) is 4.54. The molecule has 2 N–H and O–H groups in total. The first-order chi connectivity index (χ1) is 14.6. The molecule has 0 bridgehead atoms.